The van der Waals surface area contributed by atoms with E-state index in [4.69, 9.17) is 23.8 Å². The van der Waals surface area contributed by atoms with E-state index in [-0.39, 0.29) is 16.8 Å². The second-order valence-corrected chi connectivity index (χ2v) is 8.69. The normalized spacial score (nSPS) is 15.4. The van der Waals surface area contributed by atoms with Crippen LogP contribution in [0.4, 0.5) is 0 Å². The summed E-state index contributed by atoms with van der Waals surface area (Å²) in [5, 5.41) is 0.497. The molecular weight excluding hydrogens is 454 g/mol. The third kappa shape index (κ3) is 6.27. The third-order valence-corrected chi connectivity index (χ3v) is 5.78. The minimum Gasteiger partial charge on any atom is -0.283 e. The molecule has 1 aliphatic heterocycles. The zero-order valence-corrected chi connectivity index (χ0v) is 18.8. The zero-order chi connectivity index (χ0) is 22.4. The van der Waals surface area contributed by atoms with E-state index in [2.05, 4.69) is 10.9 Å². The molecule has 0 radical (unpaired) electrons. The van der Waals surface area contributed by atoms with Crippen LogP contribution in [0.3, 0.4) is 0 Å². The van der Waals surface area contributed by atoms with E-state index in [0.717, 1.165) is 22.9 Å². The van der Waals surface area contributed by atoms with Gasteiger partial charge < -0.3 is 0 Å². The Bertz CT molecular complexity index is 1080. The second-order valence-electron chi connectivity index (χ2n) is 6.58. The van der Waals surface area contributed by atoms with Crippen molar-refractivity contribution in [1.82, 2.24) is 15.8 Å². The molecule has 6 nitrogen and oxygen atoms in total. The summed E-state index contributed by atoms with van der Waals surface area (Å²) in [6, 6.07) is 15.9. The molecule has 9 heteroatoms. The molecule has 0 bridgehead atoms. The van der Waals surface area contributed by atoms with Gasteiger partial charge in [-0.2, -0.15) is 0 Å². The number of thiocarbonyl (C=S) groups is 1. The Morgan fingerprint density at radius 2 is 1.77 bits per heavy atom. The number of benzene rings is 2. The van der Waals surface area contributed by atoms with Gasteiger partial charge in [-0.3, -0.25) is 30.1 Å². The average molecular weight is 472 g/mol. The first-order valence-electron chi connectivity index (χ1n) is 9.17. The Morgan fingerprint density at radius 1 is 1.10 bits per heavy atom. The number of allylic oxidation sites excluding steroid dienone is 2. The summed E-state index contributed by atoms with van der Waals surface area (Å²) in [4.78, 5) is 38.6. The summed E-state index contributed by atoms with van der Waals surface area (Å²) < 4.78 is 0.280. The summed E-state index contributed by atoms with van der Waals surface area (Å²) in [6.07, 6.45) is 3.69. The molecule has 2 aromatic rings. The van der Waals surface area contributed by atoms with E-state index in [1.54, 1.807) is 18.2 Å². The van der Waals surface area contributed by atoms with Crippen molar-refractivity contribution < 1.29 is 14.4 Å². The molecule has 2 aromatic carbocycles. The minimum atomic E-state index is -0.573. The lowest BCUT2D eigenvalue weighted by atomic mass is 10.1. The van der Waals surface area contributed by atoms with Crippen molar-refractivity contribution in [1.29, 1.82) is 0 Å². The molecule has 1 heterocycles. The summed E-state index contributed by atoms with van der Waals surface area (Å²) in [5.41, 5.74) is 6.82. The van der Waals surface area contributed by atoms with Gasteiger partial charge in [-0.15, -0.1) is 0 Å². The first-order valence-corrected chi connectivity index (χ1v) is 10.8. The van der Waals surface area contributed by atoms with E-state index < -0.39 is 11.8 Å². The summed E-state index contributed by atoms with van der Waals surface area (Å²) >= 11 is 12.2. The van der Waals surface area contributed by atoms with E-state index in [1.165, 1.54) is 17.0 Å². The molecule has 1 saturated heterocycles. The maximum absolute atomic E-state index is 12.7. The first-order chi connectivity index (χ1) is 14.8. The molecule has 0 aliphatic carbocycles. The monoisotopic (exact) mass is 471 g/mol. The van der Waals surface area contributed by atoms with Crippen LogP contribution in [0.15, 0.2) is 71.2 Å². The smallest absolute Gasteiger partial charge is 0.269 e. The molecule has 0 saturated carbocycles. The molecule has 0 spiro atoms. The van der Waals surface area contributed by atoms with Crippen molar-refractivity contribution in [3.63, 3.8) is 0 Å². The van der Waals surface area contributed by atoms with Crippen molar-refractivity contribution in [2.45, 2.75) is 6.92 Å². The van der Waals surface area contributed by atoms with Crippen molar-refractivity contribution in [3.05, 3.63) is 87.3 Å². The van der Waals surface area contributed by atoms with Crippen LogP contribution in [-0.2, 0) is 9.59 Å². The highest BCUT2D eigenvalue weighted by Gasteiger charge is 2.33. The Kier molecular flexibility index (Phi) is 7.62. The number of rotatable bonds is 5. The lowest BCUT2D eigenvalue weighted by Crippen LogP contribution is -2.47. The standard InChI is InChI=1S/C22H18ClN3O3S2/c1-14(11-15-5-3-2-4-6-15)12-18-21(29)26(22(30)31-18)13-19(27)24-25-20(28)16-7-9-17(23)10-8-16/h2-12H,13H2,1H3,(H,24,27)(H,25,28)/b14-11+,18-12-. The molecule has 3 rings (SSSR count). The Hall–Kier alpha value is -2.94. The fourth-order valence-corrected chi connectivity index (χ4v) is 4.11. The lowest BCUT2D eigenvalue weighted by molar-refractivity contribution is -0.129. The van der Waals surface area contributed by atoms with E-state index >= 15 is 0 Å². The highest BCUT2D eigenvalue weighted by atomic mass is 35.5. The minimum absolute atomic E-state index is 0.280. The maximum Gasteiger partial charge on any atom is 0.269 e. The van der Waals surface area contributed by atoms with Crippen LogP contribution in [0.1, 0.15) is 22.8 Å². The second kappa shape index (κ2) is 10.4. The molecule has 0 unspecified atom stereocenters. The third-order valence-electron chi connectivity index (χ3n) is 4.15. The number of thioether (sulfide) groups is 1. The molecule has 1 aliphatic rings. The maximum atomic E-state index is 12.7. The number of hydrogen-bond donors (Lipinski definition) is 2. The Balaban J connectivity index is 1.58. The predicted octanol–water partition coefficient (Wildman–Crippen LogP) is 3.95. The van der Waals surface area contributed by atoms with Crippen LogP contribution >= 0.6 is 35.6 Å². The molecule has 2 N–H and O–H groups in total. The first kappa shape index (κ1) is 22.7. The van der Waals surface area contributed by atoms with Gasteiger partial charge >= 0.3 is 0 Å². The van der Waals surface area contributed by atoms with Gasteiger partial charge in [0, 0.05) is 10.6 Å². The quantitative estimate of drug-likeness (QED) is 0.392. The van der Waals surface area contributed by atoms with Gasteiger partial charge in [0.1, 0.15) is 10.9 Å². The van der Waals surface area contributed by atoms with Crippen LogP contribution in [0.5, 0.6) is 0 Å². The van der Waals surface area contributed by atoms with Gasteiger partial charge in [-0.25, -0.2) is 0 Å². The Morgan fingerprint density at radius 3 is 2.45 bits per heavy atom. The van der Waals surface area contributed by atoms with Gasteiger partial charge in [0.05, 0.1) is 4.91 Å². The average Bonchev–Trinajstić information content (AvgIpc) is 3.00. The van der Waals surface area contributed by atoms with Crippen LogP contribution < -0.4 is 10.9 Å². The topological polar surface area (TPSA) is 78.5 Å². The van der Waals surface area contributed by atoms with Crippen LogP contribution in [0.2, 0.25) is 5.02 Å². The highest BCUT2D eigenvalue weighted by molar-refractivity contribution is 8.26. The number of amides is 3. The number of hydrogen-bond acceptors (Lipinski definition) is 5. The summed E-state index contributed by atoms with van der Waals surface area (Å²) in [7, 11) is 0. The molecule has 3 amide bonds. The van der Waals surface area contributed by atoms with Gasteiger partial charge in [0.15, 0.2) is 0 Å². The highest BCUT2D eigenvalue weighted by Crippen LogP contribution is 2.31. The Labute approximate surface area is 194 Å². The molecule has 0 aromatic heterocycles. The van der Waals surface area contributed by atoms with Crippen LogP contribution in [0.25, 0.3) is 6.08 Å². The van der Waals surface area contributed by atoms with Gasteiger partial charge in [-0.1, -0.05) is 72.0 Å². The number of halogens is 1. The van der Waals surface area contributed by atoms with Gasteiger partial charge in [0.2, 0.25) is 0 Å². The summed E-state index contributed by atoms with van der Waals surface area (Å²) in [5.74, 6) is -1.43. The van der Waals surface area contributed by atoms with Crippen molar-refractivity contribution in [2.24, 2.45) is 0 Å². The molecule has 1 fully saturated rings. The predicted molar refractivity (Wildman–Crippen MR) is 127 cm³/mol. The van der Waals surface area contributed by atoms with E-state index in [0.29, 0.717) is 15.5 Å². The fraction of sp³-hybridized carbons (Fsp3) is 0.0909. The SMILES string of the molecule is CC(/C=C1\SC(=S)N(CC(=O)NNC(=O)c2ccc(Cl)cc2)C1=O)=C\c1ccccc1. The number of nitrogens with zero attached hydrogens (tertiary/aromatic N) is 1. The van der Waals surface area contributed by atoms with Crippen LogP contribution in [0, 0.1) is 0 Å². The zero-order valence-electron chi connectivity index (χ0n) is 16.4. The molecule has 158 valence electrons. The number of carbonyl (C=O) groups excluding carboxylic acids is 3. The number of carbonyl (C=O) groups is 3. The number of nitrogens with one attached hydrogen (secondary N) is 2. The molecule has 31 heavy (non-hydrogen) atoms. The van der Waals surface area contributed by atoms with E-state index in [9.17, 15) is 14.4 Å². The van der Waals surface area contributed by atoms with Crippen LogP contribution in [-0.4, -0.2) is 33.5 Å². The largest absolute Gasteiger partial charge is 0.283 e. The van der Waals surface area contributed by atoms with Gasteiger partial charge in [-0.05, 0) is 48.4 Å². The lowest BCUT2D eigenvalue weighted by Gasteiger charge is -2.14. The van der Waals surface area contributed by atoms with Crippen molar-refractivity contribution in [2.75, 3.05) is 6.54 Å². The number of hydrazine groups is 1. The molecular formula is C22H18ClN3O3S2. The molecule has 0 atom stereocenters. The van der Waals surface area contributed by atoms with E-state index in [1.807, 2.05) is 43.3 Å². The van der Waals surface area contributed by atoms with Crippen molar-refractivity contribution >= 4 is 63.7 Å². The van der Waals surface area contributed by atoms with Crippen molar-refractivity contribution in [3.8, 4) is 0 Å². The fourth-order valence-electron chi connectivity index (χ4n) is 2.68. The summed E-state index contributed by atoms with van der Waals surface area (Å²) in [6.45, 7) is 1.59. The van der Waals surface area contributed by atoms with Gasteiger partial charge in [0.25, 0.3) is 17.7 Å².